The van der Waals surface area contributed by atoms with Gasteiger partial charge in [-0.05, 0) is 48.0 Å². The summed E-state index contributed by atoms with van der Waals surface area (Å²) in [5, 5.41) is 2.42. The number of carbonyl (C=O) groups excluding carboxylic acids is 3. The van der Waals surface area contributed by atoms with Crippen LogP contribution in [0.5, 0.6) is 0 Å². The Balaban J connectivity index is 1.74. The number of nitrogens with one attached hydrogen (secondary N) is 1. The van der Waals surface area contributed by atoms with Crippen LogP contribution in [0.15, 0.2) is 53.4 Å². The molecule has 3 amide bonds. The molecule has 0 bridgehead atoms. The van der Waals surface area contributed by atoms with Crippen molar-refractivity contribution >= 4 is 40.6 Å². The summed E-state index contributed by atoms with van der Waals surface area (Å²) in [5.41, 5.74) is 3.52. The van der Waals surface area contributed by atoms with Gasteiger partial charge in [0.1, 0.15) is 0 Å². The largest absolute Gasteiger partial charge is 0.326 e. The van der Waals surface area contributed by atoms with Crippen LogP contribution in [0.2, 0.25) is 0 Å². The van der Waals surface area contributed by atoms with Gasteiger partial charge in [-0.15, -0.1) is 0 Å². The van der Waals surface area contributed by atoms with E-state index >= 15 is 0 Å². The first-order valence-electron chi connectivity index (χ1n) is 8.11. The van der Waals surface area contributed by atoms with Crippen molar-refractivity contribution in [2.75, 3.05) is 5.32 Å². The Morgan fingerprint density at radius 2 is 1.73 bits per heavy atom. The number of anilines is 1. The maximum Gasteiger partial charge on any atom is 0.293 e. The fourth-order valence-electron chi connectivity index (χ4n) is 2.53. The van der Waals surface area contributed by atoms with Crippen LogP contribution in [0, 0.1) is 6.92 Å². The Kier molecular flexibility index (Phi) is 5.23. The smallest absolute Gasteiger partial charge is 0.293 e. The van der Waals surface area contributed by atoms with Crippen LogP contribution in [-0.2, 0) is 16.1 Å². The molecule has 0 saturated carbocycles. The molecular formula is C20H18N2O3S. The molecule has 2 aromatic rings. The van der Waals surface area contributed by atoms with E-state index in [9.17, 15) is 14.4 Å². The third-order valence-corrected chi connectivity index (χ3v) is 4.77. The van der Waals surface area contributed by atoms with E-state index in [4.69, 9.17) is 0 Å². The summed E-state index contributed by atoms with van der Waals surface area (Å²) in [6.45, 7) is 3.70. The van der Waals surface area contributed by atoms with E-state index in [-0.39, 0.29) is 23.6 Å². The van der Waals surface area contributed by atoms with Crippen LogP contribution in [-0.4, -0.2) is 22.0 Å². The minimum absolute atomic E-state index is 0.144. The van der Waals surface area contributed by atoms with Crippen LogP contribution in [0.1, 0.15) is 23.6 Å². The first-order chi connectivity index (χ1) is 12.4. The standard InChI is InChI=1S/C20H18N2O3S/c1-13-3-5-16(6-4-13)12-22-19(24)18(26-20(22)25)11-15-7-9-17(10-8-15)21-14(2)23/h3-11H,12H2,1-2H3,(H,21,23)/b18-11+. The second kappa shape index (κ2) is 7.58. The van der Waals surface area contributed by atoms with Crippen molar-refractivity contribution in [1.82, 2.24) is 4.90 Å². The van der Waals surface area contributed by atoms with E-state index in [1.54, 1.807) is 30.3 Å². The van der Waals surface area contributed by atoms with Crippen molar-refractivity contribution < 1.29 is 14.4 Å². The number of benzene rings is 2. The van der Waals surface area contributed by atoms with Crippen molar-refractivity contribution in [1.29, 1.82) is 0 Å². The number of rotatable bonds is 4. The van der Waals surface area contributed by atoms with Gasteiger partial charge in [-0.25, -0.2) is 0 Å². The average molecular weight is 366 g/mol. The summed E-state index contributed by atoms with van der Waals surface area (Å²) in [5.74, 6) is -0.429. The van der Waals surface area contributed by atoms with Crippen molar-refractivity contribution in [2.24, 2.45) is 0 Å². The number of amides is 3. The van der Waals surface area contributed by atoms with Crippen molar-refractivity contribution in [2.45, 2.75) is 20.4 Å². The lowest BCUT2D eigenvalue weighted by atomic mass is 10.1. The predicted molar refractivity (Wildman–Crippen MR) is 103 cm³/mol. The van der Waals surface area contributed by atoms with Gasteiger partial charge in [0.05, 0.1) is 11.4 Å². The van der Waals surface area contributed by atoms with E-state index in [0.29, 0.717) is 10.6 Å². The molecule has 1 fully saturated rings. The maximum atomic E-state index is 12.6. The molecule has 1 N–H and O–H groups in total. The Morgan fingerprint density at radius 1 is 1.08 bits per heavy atom. The lowest BCUT2D eigenvalue weighted by Crippen LogP contribution is -2.27. The van der Waals surface area contributed by atoms with E-state index in [1.165, 1.54) is 11.8 Å². The highest BCUT2D eigenvalue weighted by Gasteiger charge is 2.34. The SMILES string of the molecule is CC(=O)Nc1ccc(/C=C2/SC(=O)N(Cc3ccc(C)cc3)C2=O)cc1. The second-order valence-electron chi connectivity index (χ2n) is 6.06. The first kappa shape index (κ1) is 17.9. The maximum absolute atomic E-state index is 12.6. The lowest BCUT2D eigenvalue weighted by molar-refractivity contribution is -0.123. The Hall–Kier alpha value is -2.86. The first-order valence-corrected chi connectivity index (χ1v) is 8.92. The second-order valence-corrected chi connectivity index (χ2v) is 7.05. The molecule has 1 aliphatic rings. The number of nitrogens with zero attached hydrogens (tertiary/aromatic N) is 1. The topological polar surface area (TPSA) is 66.5 Å². The van der Waals surface area contributed by atoms with E-state index in [0.717, 1.165) is 28.5 Å². The number of imide groups is 1. The zero-order valence-electron chi connectivity index (χ0n) is 14.5. The minimum Gasteiger partial charge on any atom is -0.326 e. The van der Waals surface area contributed by atoms with Gasteiger partial charge in [-0.2, -0.15) is 0 Å². The van der Waals surface area contributed by atoms with Crippen LogP contribution in [0.3, 0.4) is 0 Å². The highest BCUT2D eigenvalue weighted by atomic mass is 32.2. The molecule has 1 aliphatic heterocycles. The zero-order chi connectivity index (χ0) is 18.7. The molecule has 2 aromatic carbocycles. The fourth-order valence-corrected chi connectivity index (χ4v) is 3.37. The van der Waals surface area contributed by atoms with Crippen molar-refractivity contribution in [3.8, 4) is 0 Å². The molecule has 0 aliphatic carbocycles. The van der Waals surface area contributed by atoms with Crippen LogP contribution < -0.4 is 5.32 Å². The third kappa shape index (κ3) is 4.21. The highest BCUT2D eigenvalue weighted by molar-refractivity contribution is 8.18. The molecule has 0 atom stereocenters. The molecule has 3 rings (SSSR count). The van der Waals surface area contributed by atoms with E-state index in [2.05, 4.69) is 5.32 Å². The monoisotopic (exact) mass is 366 g/mol. The number of hydrogen-bond acceptors (Lipinski definition) is 4. The third-order valence-electron chi connectivity index (χ3n) is 3.86. The molecule has 132 valence electrons. The summed E-state index contributed by atoms with van der Waals surface area (Å²) in [6.07, 6.45) is 1.69. The molecule has 6 heteroatoms. The lowest BCUT2D eigenvalue weighted by Gasteiger charge is -2.12. The van der Waals surface area contributed by atoms with Gasteiger partial charge in [0.25, 0.3) is 11.1 Å². The van der Waals surface area contributed by atoms with E-state index in [1.807, 2.05) is 31.2 Å². The van der Waals surface area contributed by atoms with Crippen LogP contribution in [0.25, 0.3) is 6.08 Å². The average Bonchev–Trinajstić information content (AvgIpc) is 2.85. The normalized spacial score (nSPS) is 15.6. The molecule has 1 heterocycles. The number of carbonyl (C=O) groups is 3. The molecule has 0 unspecified atom stereocenters. The quantitative estimate of drug-likeness (QED) is 0.824. The Labute approximate surface area is 156 Å². The predicted octanol–water partition coefficient (Wildman–Crippen LogP) is 4.19. The van der Waals surface area contributed by atoms with Gasteiger partial charge >= 0.3 is 0 Å². The van der Waals surface area contributed by atoms with Gasteiger partial charge < -0.3 is 5.32 Å². The summed E-state index contributed by atoms with van der Waals surface area (Å²) >= 11 is 0.943. The summed E-state index contributed by atoms with van der Waals surface area (Å²) in [7, 11) is 0. The molecule has 0 aromatic heterocycles. The number of thioether (sulfide) groups is 1. The van der Waals surface area contributed by atoms with E-state index < -0.39 is 0 Å². The molecule has 26 heavy (non-hydrogen) atoms. The Morgan fingerprint density at radius 3 is 2.35 bits per heavy atom. The molecule has 1 saturated heterocycles. The zero-order valence-corrected chi connectivity index (χ0v) is 15.3. The van der Waals surface area contributed by atoms with Gasteiger partial charge in [0.2, 0.25) is 5.91 Å². The van der Waals surface area contributed by atoms with Crippen LogP contribution >= 0.6 is 11.8 Å². The molecular weight excluding hydrogens is 348 g/mol. The van der Waals surface area contributed by atoms with Gasteiger partial charge in [0.15, 0.2) is 0 Å². The Bertz CT molecular complexity index is 886. The minimum atomic E-state index is -0.286. The highest BCUT2D eigenvalue weighted by Crippen LogP contribution is 2.33. The fraction of sp³-hybridized carbons (Fsp3) is 0.150. The summed E-state index contributed by atoms with van der Waals surface area (Å²) in [4.78, 5) is 37.5. The summed E-state index contributed by atoms with van der Waals surface area (Å²) < 4.78 is 0. The van der Waals surface area contributed by atoms with Crippen LogP contribution in [0.4, 0.5) is 10.5 Å². The van der Waals surface area contributed by atoms with Gasteiger partial charge in [-0.1, -0.05) is 42.0 Å². The summed E-state index contributed by atoms with van der Waals surface area (Å²) in [6, 6.07) is 14.8. The molecule has 0 radical (unpaired) electrons. The van der Waals surface area contributed by atoms with Crippen molar-refractivity contribution in [3.05, 3.63) is 70.1 Å². The number of aryl methyl sites for hydroxylation is 1. The van der Waals surface area contributed by atoms with Gasteiger partial charge in [0, 0.05) is 12.6 Å². The van der Waals surface area contributed by atoms with Crippen molar-refractivity contribution in [3.63, 3.8) is 0 Å². The molecule has 0 spiro atoms. The number of hydrogen-bond donors (Lipinski definition) is 1. The van der Waals surface area contributed by atoms with Gasteiger partial charge in [-0.3, -0.25) is 19.3 Å². The molecule has 5 nitrogen and oxygen atoms in total.